The van der Waals surface area contributed by atoms with E-state index in [1.54, 1.807) is 53.3 Å². The van der Waals surface area contributed by atoms with Crippen molar-refractivity contribution in [2.75, 3.05) is 48.3 Å². The van der Waals surface area contributed by atoms with Gasteiger partial charge in [-0.05, 0) is 24.3 Å². The van der Waals surface area contributed by atoms with Crippen molar-refractivity contribution in [1.82, 2.24) is 14.3 Å². The molecule has 0 spiro atoms. The van der Waals surface area contributed by atoms with Gasteiger partial charge in [-0.3, -0.25) is 4.79 Å². The van der Waals surface area contributed by atoms with Crippen LogP contribution in [0.1, 0.15) is 6.92 Å². The van der Waals surface area contributed by atoms with Crippen LogP contribution in [0, 0.1) is 0 Å². The number of anilines is 2. The number of carbonyl (C=O) groups excluding carboxylic acids is 1. The van der Waals surface area contributed by atoms with Gasteiger partial charge in [-0.1, -0.05) is 0 Å². The average Bonchev–Trinajstić information content (AvgIpc) is 2.73. The van der Waals surface area contributed by atoms with Gasteiger partial charge in [0.2, 0.25) is 21.9 Å². The van der Waals surface area contributed by atoms with E-state index < -0.39 is 10.0 Å². The third kappa shape index (κ3) is 3.59. The van der Waals surface area contributed by atoms with E-state index in [9.17, 15) is 13.2 Å². The Morgan fingerprint density at radius 2 is 1.79 bits per heavy atom. The molecule has 0 aliphatic carbocycles. The predicted octanol–water partition coefficient (Wildman–Crippen LogP) is 1.45. The van der Waals surface area contributed by atoms with Crippen LogP contribution in [0.5, 0.6) is 0 Å². The number of fused-ring (bicyclic) bond motifs is 1. The predicted molar refractivity (Wildman–Crippen MR) is 108 cm³/mol. The number of hydrogen-bond acceptors (Lipinski definition) is 7. The number of rotatable bonds is 3. The standard InChI is InChI=1S/C18H21N5O3S2/c1-14(24)23-11-12-27-17-4-3-15(13-16(17)23)28(25,26)22-9-7-21(8-10-22)18-19-5-2-6-20-18/h2-6,13H,7-12H2,1H3. The fourth-order valence-electron chi connectivity index (χ4n) is 3.42. The highest BCUT2D eigenvalue weighted by atomic mass is 32.2. The van der Waals surface area contributed by atoms with Gasteiger partial charge in [-0.25, -0.2) is 18.4 Å². The third-order valence-corrected chi connectivity index (χ3v) is 7.82. The Hall–Kier alpha value is -2.17. The van der Waals surface area contributed by atoms with Crippen LogP contribution in [0.4, 0.5) is 11.6 Å². The molecule has 1 fully saturated rings. The molecule has 28 heavy (non-hydrogen) atoms. The number of benzene rings is 1. The minimum atomic E-state index is -3.63. The fraction of sp³-hybridized carbons (Fsp3) is 0.389. The quantitative estimate of drug-likeness (QED) is 0.744. The Morgan fingerprint density at radius 1 is 1.07 bits per heavy atom. The zero-order valence-corrected chi connectivity index (χ0v) is 17.1. The molecular weight excluding hydrogens is 398 g/mol. The third-order valence-electron chi connectivity index (χ3n) is 4.89. The Morgan fingerprint density at radius 3 is 2.46 bits per heavy atom. The Kier molecular flexibility index (Phi) is 5.26. The molecule has 2 aliphatic heterocycles. The van der Waals surface area contributed by atoms with Crippen molar-refractivity contribution in [3.05, 3.63) is 36.7 Å². The smallest absolute Gasteiger partial charge is 0.243 e. The number of nitrogens with zero attached hydrogens (tertiary/aromatic N) is 5. The lowest BCUT2D eigenvalue weighted by Crippen LogP contribution is -2.49. The lowest BCUT2D eigenvalue weighted by atomic mass is 10.2. The summed E-state index contributed by atoms with van der Waals surface area (Å²) in [7, 11) is -3.63. The van der Waals surface area contributed by atoms with Gasteiger partial charge in [0.25, 0.3) is 0 Å². The molecule has 2 aliphatic rings. The van der Waals surface area contributed by atoms with E-state index in [4.69, 9.17) is 0 Å². The van der Waals surface area contributed by atoms with E-state index in [-0.39, 0.29) is 10.8 Å². The summed E-state index contributed by atoms with van der Waals surface area (Å²) in [4.78, 5) is 25.2. The number of carbonyl (C=O) groups is 1. The SMILES string of the molecule is CC(=O)N1CCSc2ccc(S(=O)(=O)N3CCN(c4ncccn4)CC3)cc21. The summed E-state index contributed by atoms with van der Waals surface area (Å²) in [5.74, 6) is 1.34. The molecule has 0 saturated carbocycles. The van der Waals surface area contributed by atoms with Crippen molar-refractivity contribution in [2.45, 2.75) is 16.7 Å². The van der Waals surface area contributed by atoms with Crippen LogP contribution in [-0.4, -0.2) is 67.1 Å². The summed E-state index contributed by atoms with van der Waals surface area (Å²) >= 11 is 1.64. The lowest BCUT2D eigenvalue weighted by molar-refractivity contribution is -0.116. The summed E-state index contributed by atoms with van der Waals surface area (Å²) in [5, 5.41) is 0. The van der Waals surface area contributed by atoms with Crippen molar-refractivity contribution in [3.63, 3.8) is 0 Å². The van der Waals surface area contributed by atoms with E-state index in [1.165, 1.54) is 11.2 Å². The molecule has 0 N–H and O–H groups in total. The van der Waals surface area contributed by atoms with Crippen LogP contribution >= 0.6 is 11.8 Å². The number of thioether (sulfide) groups is 1. The van der Waals surface area contributed by atoms with Crippen LogP contribution in [0.25, 0.3) is 0 Å². The molecule has 1 saturated heterocycles. The van der Waals surface area contributed by atoms with Crippen molar-refractivity contribution in [1.29, 1.82) is 0 Å². The molecule has 2 aromatic rings. The molecule has 0 bridgehead atoms. The minimum absolute atomic E-state index is 0.0763. The average molecular weight is 420 g/mol. The highest BCUT2D eigenvalue weighted by Gasteiger charge is 2.31. The molecule has 1 amide bonds. The molecule has 1 aromatic heterocycles. The van der Waals surface area contributed by atoms with E-state index in [0.717, 1.165) is 10.6 Å². The molecule has 1 aromatic carbocycles. The Bertz CT molecular complexity index is 976. The van der Waals surface area contributed by atoms with Gasteiger partial charge in [-0.2, -0.15) is 4.31 Å². The number of piperazine rings is 1. The summed E-state index contributed by atoms with van der Waals surface area (Å²) < 4.78 is 27.8. The van der Waals surface area contributed by atoms with E-state index in [1.807, 2.05) is 4.90 Å². The summed E-state index contributed by atoms with van der Waals surface area (Å²) in [6.07, 6.45) is 3.36. The second-order valence-electron chi connectivity index (χ2n) is 6.59. The van der Waals surface area contributed by atoms with E-state index >= 15 is 0 Å². The molecule has 148 valence electrons. The highest BCUT2D eigenvalue weighted by Crippen LogP contribution is 2.37. The van der Waals surface area contributed by atoms with E-state index in [2.05, 4.69) is 9.97 Å². The monoisotopic (exact) mass is 419 g/mol. The van der Waals surface area contributed by atoms with Crippen LogP contribution in [-0.2, 0) is 14.8 Å². The zero-order chi connectivity index (χ0) is 19.7. The molecule has 4 rings (SSSR count). The van der Waals surface area contributed by atoms with Crippen molar-refractivity contribution >= 4 is 39.3 Å². The van der Waals surface area contributed by atoms with Gasteiger partial charge in [-0.15, -0.1) is 11.8 Å². The first-order chi connectivity index (χ1) is 13.5. The second kappa shape index (κ2) is 7.69. The van der Waals surface area contributed by atoms with Gasteiger partial charge in [0, 0.05) is 62.7 Å². The van der Waals surface area contributed by atoms with E-state index in [0.29, 0.717) is 44.4 Å². The normalized spacial score (nSPS) is 18.0. The molecule has 8 nitrogen and oxygen atoms in total. The van der Waals surface area contributed by atoms with Gasteiger partial charge in [0.05, 0.1) is 10.6 Å². The van der Waals surface area contributed by atoms with Crippen LogP contribution in [0.15, 0.2) is 46.5 Å². The second-order valence-corrected chi connectivity index (χ2v) is 9.66. The summed E-state index contributed by atoms with van der Waals surface area (Å²) in [6.45, 7) is 3.89. The van der Waals surface area contributed by atoms with Crippen LogP contribution < -0.4 is 9.80 Å². The summed E-state index contributed by atoms with van der Waals surface area (Å²) in [5.41, 5.74) is 0.682. The molecule has 0 atom stereocenters. The first-order valence-electron chi connectivity index (χ1n) is 9.04. The van der Waals surface area contributed by atoms with Gasteiger partial charge in [0.1, 0.15) is 0 Å². The minimum Gasteiger partial charge on any atom is -0.338 e. The number of hydrogen-bond donors (Lipinski definition) is 0. The topological polar surface area (TPSA) is 86.7 Å². The van der Waals surface area contributed by atoms with Gasteiger partial charge >= 0.3 is 0 Å². The van der Waals surface area contributed by atoms with Gasteiger partial charge < -0.3 is 9.80 Å². The molecule has 3 heterocycles. The zero-order valence-electron chi connectivity index (χ0n) is 15.5. The molecule has 10 heteroatoms. The largest absolute Gasteiger partial charge is 0.338 e. The molecule has 0 unspecified atom stereocenters. The molecule has 0 radical (unpaired) electrons. The maximum absolute atomic E-state index is 13.2. The number of amides is 1. The Labute approximate surface area is 168 Å². The number of aromatic nitrogens is 2. The van der Waals surface area contributed by atoms with Gasteiger partial charge in [0.15, 0.2) is 0 Å². The lowest BCUT2D eigenvalue weighted by Gasteiger charge is -2.34. The fourth-order valence-corrected chi connectivity index (χ4v) is 5.83. The summed E-state index contributed by atoms with van der Waals surface area (Å²) in [6, 6.07) is 6.82. The number of sulfonamides is 1. The van der Waals surface area contributed by atoms with Crippen molar-refractivity contribution in [2.24, 2.45) is 0 Å². The highest BCUT2D eigenvalue weighted by molar-refractivity contribution is 7.99. The van der Waals surface area contributed by atoms with Crippen LogP contribution in [0.3, 0.4) is 0 Å². The first kappa shape index (κ1) is 19.2. The maximum Gasteiger partial charge on any atom is 0.243 e. The van der Waals surface area contributed by atoms with Crippen molar-refractivity contribution in [3.8, 4) is 0 Å². The molecular formula is C18H21N5O3S2. The maximum atomic E-state index is 13.2. The van der Waals surface area contributed by atoms with Crippen LogP contribution in [0.2, 0.25) is 0 Å². The van der Waals surface area contributed by atoms with Crippen molar-refractivity contribution < 1.29 is 13.2 Å². The first-order valence-corrected chi connectivity index (χ1v) is 11.5. The Balaban J connectivity index is 1.55.